The van der Waals surface area contributed by atoms with E-state index in [4.69, 9.17) is 16.3 Å². The number of hydrogen-bond donors (Lipinski definition) is 1. The third kappa shape index (κ3) is 4.14. The highest BCUT2D eigenvalue weighted by Crippen LogP contribution is 2.22. The van der Waals surface area contributed by atoms with Gasteiger partial charge in [0.05, 0.1) is 6.10 Å². The maximum absolute atomic E-state index is 5.86. The molecule has 1 heterocycles. The number of pyridine rings is 1. The van der Waals surface area contributed by atoms with Crippen molar-refractivity contribution in [2.75, 3.05) is 5.32 Å². The molecule has 0 saturated heterocycles. The van der Waals surface area contributed by atoms with Gasteiger partial charge in [0.1, 0.15) is 0 Å². The Morgan fingerprint density at radius 1 is 1.21 bits per heavy atom. The molecular formula is C15H17ClN2O. The number of rotatable bonds is 5. The Balaban J connectivity index is 2.04. The minimum Gasteiger partial charge on any atom is -0.487 e. The van der Waals surface area contributed by atoms with Crippen molar-refractivity contribution in [2.24, 2.45) is 0 Å². The van der Waals surface area contributed by atoms with E-state index >= 15 is 0 Å². The summed E-state index contributed by atoms with van der Waals surface area (Å²) in [7, 11) is 0. The third-order valence-corrected chi connectivity index (χ3v) is 2.76. The lowest BCUT2D eigenvalue weighted by Gasteiger charge is -2.14. The van der Waals surface area contributed by atoms with Gasteiger partial charge in [-0.3, -0.25) is 0 Å². The second-order valence-corrected chi connectivity index (χ2v) is 4.93. The minimum atomic E-state index is 0.125. The molecule has 0 aliphatic heterocycles. The summed E-state index contributed by atoms with van der Waals surface area (Å²) >= 11 is 5.86. The molecule has 0 amide bonds. The number of ether oxygens (including phenoxy) is 1. The maximum Gasteiger partial charge on any atom is 0.169 e. The van der Waals surface area contributed by atoms with Gasteiger partial charge in [0.25, 0.3) is 0 Å². The van der Waals surface area contributed by atoms with Gasteiger partial charge in [0, 0.05) is 17.8 Å². The van der Waals surface area contributed by atoms with Crippen molar-refractivity contribution < 1.29 is 4.74 Å². The summed E-state index contributed by atoms with van der Waals surface area (Å²) in [5, 5.41) is 4.02. The minimum absolute atomic E-state index is 0.125. The molecule has 0 saturated carbocycles. The molecule has 0 spiro atoms. The predicted octanol–water partition coefficient (Wildman–Crippen LogP) is 4.13. The van der Waals surface area contributed by atoms with E-state index in [0.29, 0.717) is 6.54 Å². The number of halogens is 1. The standard InChI is InChI=1S/C15H17ClN2O/c1-11(2)19-14-4-3-9-17-15(14)18-10-12-5-7-13(16)8-6-12/h3-9,11H,10H2,1-2H3,(H,17,18). The topological polar surface area (TPSA) is 34.1 Å². The lowest BCUT2D eigenvalue weighted by atomic mass is 10.2. The number of nitrogens with one attached hydrogen (secondary N) is 1. The van der Waals surface area contributed by atoms with E-state index in [-0.39, 0.29) is 6.10 Å². The normalized spacial score (nSPS) is 10.5. The molecule has 0 fully saturated rings. The van der Waals surface area contributed by atoms with Crippen molar-refractivity contribution in [3.63, 3.8) is 0 Å². The third-order valence-electron chi connectivity index (χ3n) is 2.51. The summed E-state index contributed by atoms with van der Waals surface area (Å²) in [6, 6.07) is 11.5. The number of anilines is 1. The summed E-state index contributed by atoms with van der Waals surface area (Å²) in [6.45, 7) is 4.68. The fourth-order valence-corrected chi connectivity index (χ4v) is 1.79. The fourth-order valence-electron chi connectivity index (χ4n) is 1.66. The van der Waals surface area contributed by atoms with E-state index in [1.165, 1.54) is 0 Å². The van der Waals surface area contributed by atoms with E-state index < -0.39 is 0 Å². The van der Waals surface area contributed by atoms with Gasteiger partial charge >= 0.3 is 0 Å². The van der Waals surface area contributed by atoms with Crippen molar-refractivity contribution >= 4 is 17.4 Å². The lowest BCUT2D eigenvalue weighted by Crippen LogP contribution is -2.09. The van der Waals surface area contributed by atoms with Crippen LogP contribution in [0, 0.1) is 0 Å². The summed E-state index contributed by atoms with van der Waals surface area (Å²) in [5.41, 5.74) is 1.14. The molecule has 3 nitrogen and oxygen atoms in total. The average molecular weight is 277 g/mol. The molecule has 0 unspecified atom stereocenters. The Kier molecular flexibility index (Phi) is 4.63. The molecule has 1 N–H and O–H groups in total. The Morgan fingerprint density at radius 2 is 1.95 bits per heavy atom. The first-order valence-corrected chi connectivity index (χ1v) is 6.63. The smallest absolute Gasteiger partial charge is 0.169 e. The first-order chi connectivity index (χ1) is 9.15. The van der Waals surface area contributed by atoms with Gasteiger partial charge < -0.3 is 10.1 Å². The fraction of sp³-hybridized carbons (Fsp3) is 0.267. The van der Waals surface area contributed by atoms with Crippen molar-refractivity contribution in [3.05, 3.63) is 53.2 Å². The van der Waals surface area contributed by atoms with E-state index in [2.05, 4.69) is 10.3 Å². The monoisotopic (exact) mass is 276 g/mol. The van der Waals surface area contributed by atoms with Crippen molar-refractivity contribution in [1.29, 1.82) is 0 Å². The molecular weight excluding hydrogens is 260 g/mol. The molecule has 0 aliphatic rings. The molecule has 0 atom stereocenters. The molecule has 1 aromatic heterocycles. The number of aromatic nitrogens is 1. The molecule has 100 valence electrons. The quantitative estimate of drug-likeness (QED) is 0.891. The van der Waals surface area contributed by atoms with Gasteiger partial charge in [-0.1, -0.05) is 23.7 Å². The molecule has 2 rings (SSSR count). The van der Waals surface area contributed by atoms with Crippen LogP contribution >= 0.6 is 11.6 Å². The highest BCUT2D eigenvalue weighted by molar-refractivity contribution is 6.30. The number of benzene rings is 1. The van der Waals surface area contributed by atoms with Gasteiger partial charge in [-0.05, 0) is 43.7 Å². The summed E-state index contributed by atoms with van der Waals surface area (Å²) in [4.78, 5) is 4.30. The molecule has 0 aliphatic carbocycles. The van der Waals surface area contributed by atoms with Crippen LogP contribution in [-0.2, 0) is 6.54 Å². The maximum atomic E-state index is 5.86. The molecule has 19 heavy (non-hydrogen) atoms. The first kappa shape index (κ1) is 13.7. The lowest BCUT2D eigenvalue weighted by molar-refractivity contribution is 0.243. The SMILES string of the molecule is CC(C)Oc1cccnc1NCc1ccc(Cl)cc1. The van der Waals surface area contributed by atoms with Crippen LogP contribution in [0.3, 0.4) is 0 Å². The van der Waals surface area contributed by atoms with Crippen LogP contribution in [0.5, 0.6) is 5.75 Å². The van der Waals surface area contributed by atoms with Crippen LogP contribution in [-0.4, -0.2) is 11.1 Å². The zero-order chi connectivity index (χ0) is 13.7. The van der Waals surface area contributed by atoms with E-state index in [1.54, 1.807) is 6.20 Å². The summed E-state index contributed by atoms with van der Waals surface area (Å²) in [5.74, 6) is 1.53. The largest absolute Gasteiger partial charge is 0.487 e. The van der Waals surface area contributed by atoms with Gasteiger partial charge in [-0.15, -0.1) is 0 Å². The number of hydrogen-bond acceptors (Lipinski definition) is 3. The van der Waals surface area contributed by atoms with Crippen molar-refractivity contribution in [1.82, 2.24) is 4.98 Å². The Morgan fingerprint density at radius 3 is 2.63 bits per heavy atom. The van der Waals surface area contributed by atoms with Crippen LogP contribution < -0.4 is 10.1 Å². The van der Waals surface area contributed by atoms with Crippen LogP contribution in [0.15, 0.2) is 42.6 Å². The molecule has 1 aromatic carbocycles. The van der Waals surface area contributed by atoms with Gasteiger partial charge in [-0.2, -0.15) is 0 Å². The molecule has 4 heteroatoms. The Hall–Kier alpha value is -1.74. The number of nitrogens with zero attached hydrogens (tertiary/aromatic N) is 1. The van der Waals surface area contributed by atoms with E-state index in [0.717, 1.165) is 22.2 Å². The summed E-state index contributed by atoms with van der Waals surface area (Å²) < 4.78 is 5.71. The summed E-state index contributed by atoms with van der Waals surface area (Å²) in [6.07, 6.45) is 1.87. The highest BCUT2D eigenvalue weighted by atomic mass is 35.5. The predicted molar refractivity (Wildman–Crippen MR) is 78.8 cm³/mol. The van der Waals surface area contributed by atoms with Crippen LogP contribution in [0.25, 0.3) is 0 Å². The first-order valence-electron chi connectivity index (χ1n) is 6.25. The second-order valence-electron chi connectivity index (χ2n) is 4.50. The van der Waals surface area contributed by atoms with E-state index in [1.807, 2.05) is 50.2 Å². The van der Waals surface area contributed by atoms with Crippen molar-refractivity contribution in [2.45, 2.75) is 26.5 Å². The molecule has 0 radical (unpaired) electrons. The molecule has 0 bridgehead atoms. The van der Waals surface area contributed by atoms with Crippen LogP contribution in [0.4, 0.5) is 5.82 Å². The average Bonchev–Trinajstić information content (AvgIpc) is 2.39. The Labute approximate surface area is 118 Å². The molecule has 2 aromatic rings. The Bertz CT molecular complexity index is 526. The van der Waals surface area contributed by atoms with Gasteiger partial charge in [-0.25, -0.2) is 4.98 Å². The van der Waals surface area contributed by atoms with Gasteiger partial charge in [0.15, 0.2) is 11.6 Å². The highest BCUT2D eigenvalue weighted by Gasteiger charge is 2.05. The zero-order valence-corrected chi connectivity index (χ0v) is 11.8. The second kappa shape index (κ2) is 6.43. The van der Waals surface area contributed by atoms with Gasteiger partial charge in [0.2, 0.25) is 0 Å². The zero-order valence-electron chi connectivity index (χ0n) is 11.1. The van der Waals surface area contributed by atoms with Crippen LogP contribution in [0.1, 0.15) is 19.4 Å². The van der Waals surface area contributed by atoms with Crippen molar-refractivity contribution in [3.8, 4) is 5.75 Å². The van der Waals surface area contributed by atoms with E-state index in [9.17, 15) is 0 Å². The van der Waals surface area contributed by atoms with Crippen LogP contribution in [0.2, 0.25) is 5.02 Å².